The number of hydrogen-bond acceptors (Lipinski definition) is 3. The molecule has 1 N–H and O–H groups in total. The van der Waals surface area contributed by atoms with Crippen LogP contribution in [0.1, 0.15) is 47.2 Å². The van der Waals surface area contributed by atoms with E-state index in [1.165, 1.54) is 12.8 Å². The summed E-state index contributed by atoms with van der Waals surface area (Å²) in [5, 5.41) is 3.12. The van der Waals surface area contributed by atoms with E-state index in [4.69, 9.17) is 9.47 Å². The van der Waals surface area contributed by atoms with Crippen molar-refractivity contribution in [3.8, 4) is 5.75 Å². The van der Waals surface area contributed by atoms with Crippen molar-refractivity contribution in [1.82, 2.24) is 5.32 Å². The molecular formula is C21H25NO3. The predicted octanol–water partition coefficient (Wildman–Crippen LogP) is 4.08. The van der Waals surface area contributed by atoms with Crippen LogP contribution < -0.4 is 10.1 Å². The molecule has 25 heavy (non-hydrogen) atoms. The molecule has 0 atom stereocenters. The van der Waals surface area contributed by atoms with E-state index in [0.29, 0.717) is 24.8 Å². The van der Waals surface area contributed by atoms with Gasteiger partial charge < -0.3 is 14.8 Å². The van der Waals surface area contributed by atoms with Gasteiger partial charge in [-0.1, -0.05) is 43.2 Å². The van der Waals surface area contributed by atoms with Gasteiger partial charge in [-0.2, -0.15) is 0 Å². The highest BCUT2D eigenvalue weighted by Gasteiger charge is 2.18. The second-order valence-electron chi connectivity index (χ2n) is 6.46. The quantitative estimate of drug-likeness (QED) is 0.827. The molecule has 1 amide bonds. The molecule has 2 aromatic rings. The Balaban J connectivity index is 1.63. The number of amides is 1. The van der Waals surface area contributed by atoms with Crippen LogP contribution in [-0.2, 0) is 18.0 Å². The lowest BCUT2D eigenvalue weighted by Crippen LogP contribution is -2.32. The molecule has 3 rings (SSSR count). The molecule has 4 nitrogen and oxygen atoms in total. The predicted molar refractivity (Wildman–Crippen MR) is 97.7 cm³/mol. The number of carbonyl (C=O) groups excluding carboxylic acids is 1. The first-order chi connectivity index (χ1) is 12.3. The number of hydrogen-bond donors (Lipinski definition) is 1. The molecule has 2 aromatic carbocycles. The number of nitrogens with one attached hydrogen (secondary N) is 1. The molecule has 0 aliphatic heterocycles. The molecule has 0 heterocycles. The average molecular weight is 339 g/mol. The van der Waals surface area contributed by atoms with Crippen LogP contribution >= 0.6 is 0 Å². The second-order valence-corrected chi connectivity index (χ2v) is 6.46. The van der Waals surface area contributed by atoms with Crippen molar-refractivity contribution in [3.05, 3.63) is 65.2 Å². The van der Waals surface area contributed by atoms with Crippen LogP contribution in [0.3, 0.4) is 0 Å². The van der Waals surface area contributed by atoms with E-state index >= 15 is 0 Å². The fourth-order valence-corrected chi connectivity index (χ4v) is 3.22. The van der Waals surface area contributed by atoms with Gasteiger partial charge in [-0.25, -0.2) is 0 Å². The molecule has 132 valence electrons. The topological polar surface area (TPSA) is 47.6 Å². The van der Waals surface area contributed by atoms with E-state index in [0.717, 1.165) is 29.7 Å². The van der Waals surface area contributed by atoms with Gasteiger partial charge in [-0.15, -0.1) is 0 Å². The van der Waals surface area contributed by atoms with Crippen molar-refractivity contribution in [2.24, 2.45) is 0 Å². The van der Waals surface area contributed by atoms with Gasteiger partial charge in [0, 0.05) is 17.2 Å². The normalized spacial score (nSPS) is 14.4. The van der Waals surface area contributed by atoms with E-state index in [-0.39, 0.29) is 5.91 Å². The first-order valence-electron chi connectivity index (χ1n) is 8.85. The van der Waals surface area contributed by atoms with Crippen LogP contribution in [0.5, 0.6) is 5.75 Å². The summed E-state index contributed by atoms with van der Waals surface area (Å²) >= 11 is 0. The molecule has 0 unspecified atom stereocenters. The van der Waals surface area contributed by atoms with E-state index in [9.17, 15) is 4.79 Å². The van der Waals surface area contributed by atoms with Crippen LogP contribution in [0.4, 0.5) is 0 Å². The zero-order valence-corrected chi connectivity index (χ0v) is 14.7. The molecule has 1 saturated carbocycles. The summed E-state index contributed by atoms with van der Waals surface area (Å²) in [7, 11) is 1.63. The second kappa shape index (κ2) is 8.67. The van der Waals surface area contributed by atoms with Gasteiger partial charge in [0.2, 0.25) is 0 Å². The molecule has 0 radical (unpaired) electrons. The monoisotopic (exact) mass is 339 g/mol. The Morgan fingerprint density at radius 2 is 1.84 bits per heavy atom. The summed E-state index contributed by atoms with van der Waals surface area (Å²) in [5.74, 6) is 0.726. The van der Waals surface area contributed by atoms with E-state index in [1.807, 2.05) is 48.5 Å². The fraction of sp³-hybridized carbons (Fsp3) is 0.381. The first-order valence-corrected chi connectivity index (χ1v) is 8.85. The molecule has 4 heteroatoms. The summed E-state index contributed by atoms with van der Waals surface area (Å²) < 4.78 is 11.2. The number of rotatable bonds is 7. The van der Waals surface area contributed by atoms with Gasteiger partial charge in [-0.3, -0.25) is 4.79 Å². The molecule has 1 fully saturated rings. The number of carbonyl (C=O) groups is 1. The average Bonchev–Trinajstić information content (AvgIpc) is 3.15. The number of ether oxygens (including phenoxy) is 2. The van der Waals surface area contributed by atoms with Crippen LogP contribution in [0, 0.1) is 0 Å². The van der Waals surface area contributed by atoms with Gasteiger partial charge in [-0.05, 0) is 36.6 Å². The third-order valence-corrected chi connectivity index (χ3v) is 4.60. The summed E-state index contributed by atoms with van der Waals surface area (Å²) in [4.78, 5) is 12.5. The number of benzene rings is 2. The van der Waals surface area contributed by atoms with Gasteiger partial charge in [0.1, 0.15) is 5.75 Å². The summed E-state index contributed by atoms with van der Waals surface area (Å²) in [5.41, 5.74) is 2.67. The van der Waals surface area contributed by atoms with E-state index in [1.54, 1.807) is 7.11 Å². The van der Waals surface area contributed by atoms with Crippen LogP contribution in [0.2, 0.25) is 0 Å². The molecule has 1 aliphatic rings. The lowest BCUT2D eigenvalue weighted by atomic mass is 10.1. The van der Waals surface area contributed by atoms with E-state index < -0.39 is 0 Å². The van der Waals surface area contributed by atoms with Crippen molar-refractivity contribution in [1.29, 1.82) is 0 Å². The zero-order chi connectivity index (χ0) is 17.5. The van der Waals surface area contributed by atoms with Crippen LogP contribution in [0.25, 0.3) is 0 Å². The summed E-state index contributed by atoms with van der Waals surface area (Å²) in [6.45, 7) is 0.936. The van der Waals surface area contributed by atoms with E-state index in [2.05, 4.69) is 5.32 Å². The highest BCUT2D eigenvalue weighted by Crippen LogP contribution is 2.23. The minimum atomic E-state index is -0.0149. The molecule has 0 spiro atoms. The Kier molecular flexibility index (Phi) is 6.07. The lowest BCUT2D eigenvalue weighted by Gasteiger charge is -2.14. The van der Waals surface area contributed by atoms with Gasteiger partial charge in [0.05, 0.1) is 20.3 Å². The third kappa shape index (κ3) is 4.83. The minimum Gasteiger partial charge on any atom is -0.496 e. The maximum atomic E-state index is 12.5. The van der Waals surface area contributed by atoms with Crippen LogP contribution in [0.15, 0.2) is 48.5 Å². The maximum absolute atomic E-state index is 12.5. The third-order valence-electron chi connectivity index (χ3n) is 4.60. The highest BCUT2D eigenvalue weighted by atomic mass is 16.5. The van der Waals surface area contributed by atoms with Gasteiger partial charge >= 0.3 is 0 Å². The Labute approximate surface area is 149 Å². The summed E-state index contributed by atoms with van der Waals surface area (Å²) in [6, 6.07) is 15.9. The SMILES string of the molecule is COc1ccc(C(=O)NC2CCCC2)cc1COCc1ccccc1. The largest absolute Gasteiger partial charge is 0.496 e. The molecule has 1 aliphatic carbocycles. The first kappa shape index (κ1) is 17.5. The zero-order valence-electron chi connectivity index (χ0n) is 14.7. The number of methoxy groups -OCH3 is 1. The van der Waals surface area contributed by atoms with Crippen LogP contribution in [-0.4, -0.2) is 19.1 Å². The van der Waals surface area contributed by atoms with Crippen molar-refractivity contribution >= 4 is 5.91 Å². The molecular weight excluding hydrogens is 314 g/mol. The molecule has 0 saturated heterocycles. The van der Waals surface area contributed by atoms with Crippen molar-refractivity contribution in [2.45, 2.75) is 44.9 Å². The van der Waals surface area contributed by atoms with Gasteiger partial charge in [0.25, 0.3) is 5.91 Å². The van der Waals surface area contributed by atoms with Gasteiger partial charge in [0.15, 0.2) is 0 Å². The minimum absolute atomic E-state index is 0.0149. The Morgan fingerprint density at radius 3 is 2.56 bits per heavy atom. The van der Waals surface area contributed by atoms with Crippen molar-refractivity contribution in [3.63, 3.8) is 0 Å². The maximum Gasteiger partial charge on any atom is 0.251 e. The fourth-order valence-electron chi connectivity index (χ4n) is 3.22. The van der Waals surface area contributed by atoms with Crippen molar-refractivity contribution in [2.75, 3.05) is 7.11 Å². The Bertz CT molecular complexity index is 694. The Morgan fingerprint density at radius 1 is 1.08 bits per heavy atom. The smallest absolute Gasteiger partial charge is 0.251 e. The highest BCUT2D eigenvalue weighted by molar-refractivity contribution is 5.94. The standard InChI is InChI=1S/C21H25NO3/c1-24-20-12-11-17(21(23)22-19-9-5-6-10-19)13-18(20)15-25-14-16-7-3-2-4-8-16/h2-4,7-8,11-13,19H,5-6,9-10,14-15H2,1H3,(H,22,23). The molecule has 0 aromatic heterocycles. The van der Waals surface area contributed by atoms with Crippen molar-refractivity contribution < 1.29 is 14.3 Å². The Hall–Kier alpha value is -2.33. The molecule has 0 bridgehead atoms. The summed E-state index contributed by atoms with van der Waals surface area (Å²) in [6.07, 6.45) is 4.56. The lowest BCUT2D eigenvalue weighted by molar-refractivity contribution is 0.0935.